The molecule has 0 N–H and O–H groups in total. The molecule has 5 rings (SSSR count). The van der Waals surface area contributed by atoms with Gasteiger partial charge >= 0.3 is 0 Å². The third-order valence-corrected chi connectivity index (χ3v) is 5.88. The molecule has 1 aromatic carbocycles. The van der Waals surface area contributed by atoms with Crippen molar-refractivity contribution in [3.63, 3.8) is 0 Å². The van der Waals surface area contributed by atoms with Gasteiger partial charge in [-0.25, -0.2) is 24.0 Å². The zero-order valence-corrected chi connectivity index (χ0v) is 15.9. The van der Waals surface area contributed by atoms with E-state index in [1.165, 1.54) is 17.3 Å². The van der Waals surface area contributed by atoms with Crippen molar-refractivity contribution in [3.8, 4) is 5.69 Å². The molecular weight excluding hydrogens is 377 g/mol. The molecule has 0 radical (unpaired) electrons. The van der Waals surface area contributed by atoms with Gasteiger partial charge in [-0.05, 0) is 29.1 Å². The Labute approximate surface area is 165 Å². The highest BCUT2D eigenvalue weighted by molar-refractivity contribution is 7.17. The van der Waals surface area contributed by atoms with E-state index < -0.39 is 0 Å². The number of aromatic nitrogens is 5. The van der Waals surface area contributed by atoms with Gasteiger partial charge in [-0.3, -0.25) is 4.90 Å². The van der Waals surface area contributed by atoms with Crippen LogP contribution in [0.4, 0.5) is 10.2 Å². The van der Waals surface area contributed by atoms with Crippen LogP contribution in [-0.4, -0.2) is 55.8 Å². The van der Waals surface area contributed by atoms with Crippen LogP contribution in [0, 0.1) is 5.82 Å². The molecule has 4 heterocycles. The molecule has 0 spiro atoms. The molecular formula is C19H18FN7S. The van der Waals surface area contributed by atoms with Gasteiger partial charge in [0.2, 0.25) is 0 Å². The topological polar surface area (TPSA) is 63.0 Å². The minimum Gasteiger partial charge on any atom is -0.353 e. The number of benzene rings is 1. The van der Waals surface area contributed by atoms with Gasteiger partial charge in [-0.15, -0.1) is 11.3 Å². The van der Waals surface area contributed by atoms with Crippen LogP contribution >= 0.6 is 11.3 Å². The van der Waals surface area contributed by atoms with Crippen molar-refractivity contribution in [3.05, 3.63) is 60.0 Å². The molecule has 0 amide bonds. The summed E-state index contributed by atoms with van der Waals surface area (Å²) in [6.45, 7) is 4.32. The number of thiophene rings is 1. The van der Waals surface area contributed by atoms with Gasteiger partial charge in [0.15, 0.2) is 0 Å². The first-order valence-corrected chi connectivity index (χ1v) is 9.95. The Morgan fingerprint density at radius 3 is 2.71 bits per heavy atom. The van der Waals surface area contributed by atoms with Gasteiger partial charge in [-0.1, -0.05) is 6.07 Å². The Balaban J connectivity index is 1.25. The minimum atomic E-state index is -0.289. The summed E-state index contributed by atoms with van der Waals surface area (Å²) in [6, 6.07) is 7.32. The van der Waals surface area contributed by atoms with E-state index in [1.54, 1.807) is 29.8 Å². The van der Waals surface area contributed by atoms with E-state index in [0.29, 0.717) is 5.69 Å². The fourth-order valence-corrected chi connectivity index (χ4v) is 4.41. The van der Waals surface area contributed by atoms with Crippen molar-refractivity contribution in [2.24, 2.45) is 0 Å². The van der Waals surface area contributed by atoms with E-state index in [4.69, 9.17) is 0 Å². The molecule has 0 aliphatic carbocycles. The number of hydrogen-bond acceptors (Lipinski definition) is 7. The van der Waals surface area contributed by atoms with Gasteiger partial charge in [0.05, 0.1) is 10.2 Å². The zero-order valence-electron chi connectivity index (χ0n) is 15.1. The predicted molar refractivity (Wildman–Crippen MR) is 106 cm³/mol. The van der Waals surface area contributed by atoms with Crippen LogP contribution in [0.5, 0.6) is 0 Å². The van der Waals surface area contributed by atoms with Gasteiger partial charge in [0.25, 0.3) is 0 Å². The van der Waals surface area contributed by atoms with Crippen molar-refractivity contribution < 1.29 is 4.39 Å². The SMILES string of the molecule is Fc1cc(CN2CCN(c3ncnc4ccsc34)CC2)ccc1-n1cncn1. The summed E-state index contributed by atoms with van der Waals surface area (Å²) in [6.07, 6.45) is 4.53. The minimum absolute atomic E-state index is 0.289. The van der Waals surface area contributed by atoms with Crippen LogP contribution in [0.15, 0.2) is 48.6 Å². The highest BCUT2D eigenvalue weighted by Crippen LogP contribution is 2.28. The van der Waals surface area contributed by atoms with Crippen molar-refractivity contribution in [1.29, 1.82) is 0 Å². The summed E-state index contributed by atoms with van der Waals surface area (Å²) in [5.74, 6) is 0.727. The monoisotopic (exact) mass is 395 g/mol. The molecule has 28 heavy (non-hydrogen) atoms. The maximum Gasteiger partial charge on any atom is 0.150 e. The number of hydrogen-bond donors (Lipinski definition) is 0. The first-order valence-electron chi connectivity index (χ1n) is 9.07. The van der Waals surface area contributed by atoms with Crippen LogP contribution < -0.4 is 4.90 Å². The van der Waals surface area contributed by atoms with Crippen LogP contribution in [0.25, 0.3) is 15.9 Å². The maximum absolute atomic E-state index is 14.4. The van der Waals surface area contributed by atoms with Crippen LogP contribution in [0.1, 0.15) is 5.56 Å². The lowest BCUT2D eigenvalue weighted by atomic mass is 10.1. The van der Waals surface area contributed by atoms with E-state index in [0.717, 1.165) is 54.3 Å². The third-order valence-electron chi connectivity index (χ3n) is 4.98. The van der Waals surface area contributed by atoms with Gasteiger partial charge in [0.1, 0.15) is 36.3 Å². The normalized spacial score (nSPS) is 15.4. The van der Waals surface area contributed by atoms with Crippen molar-refractivity contribution >= 4 is 27.4 Å². The van der Waals surface area contributed by atoms with E-state index >= 15 is 0 Å². The predicted octanol–water partition coefficient (Wildman–Crippen LogP) is 2.73. The molecule has 1 saturated heterocycles. The highest BCUT2D eigenvalue weighted by atomic mass is 32.1. The van der Waals surface area contributed by atoms with E-state index in [9.17, 15) is 4.39 Å². The first kappa shape index (κ1) is 17.2. The Morgan fingerprint density at radius 1 is 1.04 bits per heavy atom. The quantitative estimate of drug-likeness (QED) is 0.530. The summed E-state index contributed by atoms with van der Waals surface area (Å²) in [5.41, 5.74) is 2.37. The lowest BCUT2D eigenvalue weighted by Crippen LogP contribution is -2.46. The lowest BCUT2D eigenvalue weighted by molar-refractivity contribution is 0.249. The molecule has 7 nitrogen and oxygen atoms in total. The molecule has 3 aromatic heterocycles. The van der Waals surface area contributed by atoms with Crippen LogP contribution in [0.2, 0.25) is 0 Å². The molecule has 0 bridgehead atoms. The van der Waals surface area contributed by atoms with Gasteiger partial charge in [0, 0.05) is 32.7 Å². The van der Waals surface area contributed by atoms with E-state index in [2.05, 4.69) is 35.2 Å². The Kier molecular flexibility index (Phi) is 4.46. The molecule has 0 atom stereocenters. The van der Waals surface area contributed by atoms with E-state index in [-0.39, 0.29) is 5.82 Å². The average molecular weight is 395 g/mol. The Hall–Kier alpha value is -2.91. The van der Waals surface area contributed by atoms with Crippen LogP contribution in [-0.2, 0) is 6.54 Å². The zero-order chi connectivity index (χ0) is 18.9. The summed E-state index contributed by atoms with van der Waals surface area (Å²) in [4.78, 5) is 17.3. The average Bonchev–Trinajstić information content (AvgIpc) is 3.40. The molecule has 1 aliphatic rings. The molecule has 4 aromatic rings. The molecule has 9 heteroatoms. The second-order valence-corrected chi connectivity index (χ2v) is 7.64. The van der Waals surface area contributed by atoms with Gasteiger partial charge < -0.3 is 4.90 Å². The number of fused-ring (bicyclic) bond motifs is 1. The number of nitrogens with zero attached hydrogens (tertiary/aromatic N) is 7. The fraction of sp³-hybridized carbons (Fsp3) is 0.263. The molecule has 1 fully saturated rings. The van der Waals surface area contributed by atoms with Crippen molar-refractivity contribution in [1.82, 2.24) is 29.6 Å². The lowest BCUT2D eigenvalue weighted by Gasteiger charge is -2.35. The number of halogens is 1. The summed E-state index contributed by atoms with van der Waals surface area (Å²) < 4.78 is 17.0. The second-order valence-electron chi connectivity index (χ2n) is 6.72. The van der Waals surface area contributed by atoms with Crippen molar-refractivity contribution in [2.75, 3.05) is 31.1 Å². The number of rotatable bonds is 4. The molecule has 0 unspecified atom stereocenters. The molecule has 0 saturated carbocycles. The number of piperazine rings is 1. The van der Waals surface area contributed by atoms with Crippen molar-refractivity contribution in [2.45, 2.75) is 6.54 Å². The van der Waals surface area contributed by atoms with Crippen LogP contribution in [0.3, 0.4) is 0 Å². The van der Waals surface area contributed by atoms with E-state index in [1.807, 2.05) is 12.1 Å². The van der Waals surface area contributed by atoms with Gasteiger partial charge in [-0.2, -0.15) is 5.10 Å². The maximum atomic E-state index is 14.4. The summed E-state index contributed by atoms with van der Waals surface area (Å²) in [5, 5.41) is 6.04. The smallest absolute Gasteiger partial charge is 0.150 e. The summed E-state index contributed by atoms with van der Waals surface area (Å²) in [7, 11) is 0. The molecule has 1 aliphatic heterocycles. The Morgan fingerprint density at radius 2 is 1.93 bits per heavy atom. The summed E-state index contributed by atoms with van der Waals surface area (Å²) >= 11 is 1.68. The first-order chi connectivity index (χ1) is 13.8. The molecule has 142 valence electrons. The highest BCUT2D eigenvalue weighted by Gasteiger charge is 2.21. The fourth-order valence-electron chi connectivity index (χ4n) is 3.54. The second kappa shape index (κ2) is 7.25. The Bertz CT molecular complexity index is 1090. The third kappa shape index (κ3) is 3.23. The number of anilines is 1. The standard InChI is InChI=1S/C19H18FN7S/c20-15-9-14(1-2-17(15)27-13-21-11-24-27)10-25-4-6-26(7-5-25)19-18-16(3-8-28-18)22-12-23-19/h1-3,8-9,11-13H,4-7,10H2. The largest absolute Gasteiger partial charge is 0.353 e.